The summed E-state index contributed by atoms with van der Waals surface area (Å²) in [6, 6.07) is 9.57. The summed E-state index contributed by atoms with van der Waals surface area (Å²) >= 11 is 0. The summed E-state index contributed by atoms with van der Waals surface area (Å²) in [7, 11) is 3.21. The number of nitrogens with zero attached hydrogens (tertiary/aromatic N) is 2. The van der Waals surface area contributed by atoms with Crippen molar-refractivity contribution in [2.45, 2.75) is 24.8 Å². The van der Waals surface area contributed by atoms with Gasteiger partial charge in [-0.15, -0.1) is 0 Å². The normalized spacial score (nSPS) is 20.0. The number of benzene rings is 1. The van der Waals surface area contributed by atoms with Crippen LogP contribution in [0, 0.1) is 0 Å². The third-order valence-electron chi connectivity index (χ3n) is 4.86. The van der Waals surface area contributed by atoms with E-state index in [4.69, 9.17) is 4.74 Å². The van der Waals surface area contributed by atoms with Gasteiger partial charge in [0.25, 0.3) is 5.91 Å². The zero-order valence-electron chi connectivity index (χ0n) is 14.6. The number of fused-ring (bicyclic) bond motifs is 1. The molecular weight excluding hydrogens is 318 g/mol. The number of hydrogen-bond acceptors (Lipinski definition) is 4. The lowest BCUT2D eigenvalue weighted by Crippen LogP contribution is -2.52. The van der Waals surface area contributed by atoms with Gasteiger partial charge in [-0.2, -0.15) is 0 Å². The third-order valence-corrected chi connectivity index (χ3v) is 4.86. The maximum absolute atomic E-state index is 13.1. The molecule has 1 unspecified atom stereocenters. The van der Waals surface area contributed by atoms with Crippen molar-refractivity contribution in [3.63, 3.8) is 0 Å². The Balaban J connectivity index is 1.93. The van der Waals surface area contributed by atoms with Gasteiger partial charge in [-0.1, -0.05) is 18.2 Å². The van der Waals surface area contributed by atoms with Crippen LogP contribution in [-0.2, 0) is 9.53 Å². The molecule has 3 rings (SSSR count). The highest BCUT2D eigenvalue weighted by Gasteiger charge is 2.45. The lowest BCUT2D eigenvalue weighted by Gasteiger charge is -2.37. The Kier molecular flexibility index (Phi) is 4.99. The molecule has 0 saturated carbocycles. The second-order valence-corrected chi connectivity index (χ2v) is 6.48. The van der Waals surface area contributed by atoms with Gasteiger partial charge in [0.1, 0.15) is 0 Å². The number of para-hydroxylation sites is 1. The van der Waals surface area contributed by atoms with Gasteiger partial charge in [-0.05, 0) is 25.0 Å². The van der Waals surface area contributed by atoms with Crippen molar-refractivity contribution in [3.05, 3.63) is 42.1 Å². The average molecular weight is 341 g/mol. The second kappa shape index (κ2) is 7.19. The molecule has 1 atom stereocenters. The van der Waals surface area contributed by atoms with Gasteiger partial charge in [0.05, 0.1) is 29.6 Å². The summed E-state index contributed by atoms with van der Waals surface area (Å²) in [5, 5.41) is 3.58. The summed E-state index contributed by atoms with van der Waals surface area (Å²) in [5.41, 5.74) is 0.796. The summed E-state index contributed by atoms with van der Waals surface area (Å²) in [6.07, 6.45) is 3.46. The SMILES string of the molecule is CNC(=O)CC1(COC)CCCN1C(=O)c1cnc2ccccc2c1. The number of hydrogen-bond donors (Lipinski definition) is 1. The first kappa shape index (κ1) is 17.4. The predicted octanol–water partition coefficient (Wildman–Crippen LogP) is 1.99. The number of carbonyl (C=O) groups is 2. The Morgan fingerprint density at radius 1 is 1.36 bits per heavy atom. The molecular formula is C19H23N3O3. The Morgan fingerprint density at radius 2 is 2.16 bits per heavy atom. The first-order valence-corrected chi connectivity index (χ1v) is 8.46. The molecule has 0 aliphatic carbocycles. The molecule has 1 aromatic heterocycles. The smallest absolute Gasteiger partial charge is 0.255 e. The fourth-order valence-corrected chi connectivity index (χ4v) is 3.64. The highest BCUT2D eigenvalue weighted by atomic mass is 16.5. The van der Waals surface area contributed by atoms with Crippen molar-refractivity contribution in [2.75, 3.05) is 27.3 Å². The van der Waals surface area contributed by atoms with Crippen molar-refractivity contribution in [1.82, 2.24) is 15.2 Å². The number of ether oxygens (including phenoxy) is 1. The topological polar surface area (TPSA) is 71.5 Å². The average Bonchev–Trinajstić information content (AvgIpc) is 3.03. The van der Waals surface area contributed by atoms with E-state index in [0.717, 1.165) is 23.7 Å². The zero-order valence-corrected chi connectivity index (χ0v) is 14.6. The van der Waals surface area contributed by atoms with Crippen LogP contribution in [0.1, 0.15) is 29.6 Å². The number of rotatable bonds is 5. The van der Waals surface area contributed by atoms with Crippen LogP contribution in [0.5, 0.6) is 0 Å². The van der Waals surface area contributed by atoms with Crippen LogP contribution in [0.15, 0.2) is 36.5 Å². The number of amides is 2. The first-order chi connectivity index (χ1) is 12.1. The molecule has 1 saturated heterocycles. The van der Waals surface area contributed by atoms with Crippen LogP contribution in [0.3, 0.4) is 0 Å². The standard InChI is InChI=1S/C19H23N3O3/c1-20-17(23)11-19(13-25-2)8-5-9-22(19)18(24)15-10-14-6-3-4-7-16(14)21-12-15/h3-4,6-7,10,12H,5,8-9,11,13H2,1-2H3,(H,20,23). The molecule has 0 spiro atoms. The molecule has 0 bridgehead atoms. The molecule has 6 nitrogen and oxygen atoms in total. The van der Waals surface area contributed by atoms with Gasteiger partial charge in [0.2, 0.25) is 5.91 Å². The Bertz CT molecular complexity index is 792. The zero-order chi connectivity index (χ0) is 17.9. The van der Waals surface area contributed by atoms with E-state index in [1.165, 1.54) is 0 Å². The summed E-state index contributed by atoms with van der Waals surface area (Å²) in [6.45, 7) is 0.958. The first-order valence-electron chi connectivity index (χ1n) is 8.46. The quantitative estimate of drug-likeness (QED) is 0.903. The lowest BCUT2D eigenvalue weighted by atomic mass is 9.91. The molecule has 2 aromatic rings. The highest BCUT2D eigenvalue weighted by molar-refractivity contribution is 5.98. The summed E-state index contributed by atoms with van der Waals surface area (Å²) in [4.78, 5) is 31.3. The van der Waals surface area contributed by atoms with Crippen molar-refractivity contribution < 1.29 is 14.3 Å². The number of nitrogens with one attached hydrogen (secondary N) is 1. The second-order valence-electron chi connectivity index (χ2n) is 6.48. The summed E-state index contributed by atoms with van der Waals surface area (Å²) in [5.74, 6) is -0.190. The van der Waals surface area contributed by atoms with Gasteiger partial charge in [-0.3, -0.25) is 14.6 Å². The van der Waals surface area contributed by atoms with Crippen LogP contribution in [-0.4, -0.2) is 54.5 Å². The molecule has 1 aliphatic heterocycles. The monoisotopic (exact) mass is 341 g/mol. The van der Waals surface area contributed by atoms with E-state index < -0.39 is 5.54 Å². The number of pyridine rings is 1. The van der Waals surface area contributed by atoms with Crippen LogP contribution in [0.25, 0.3) is 10.9 Å². The Morgan fingerprint density at radius 3 is 2.92 bits per heavy atom. The third kappa shape index (κ3) is 3.35. The maximum Gasteiger partial charge on any atom is 0.255 e. The number of methoxy groups -OCH3 is 1. The molecule has 1 aromatic carbocycles. The number of aromatic nitrogens is 1. The molecule has 1 aliphatic rings. The molecule has 0 radical (unpaired) electrons. The van der Waals surface area contributed by atoms with Gasteiger partial charge in [0, 0.05) is 32.3 Å². The van der Waals surface area contributed by atoms with Gasteiger partial charge < -0.3 is 15.0 Å². The van der Waals surface area contributed by atoms with Crippen molar-refractivity contribution in [1.29, 1.82) is 0 Å². The Labute approximate surface area is 147 Å². The van der Waals surface area contributed by atoms with E-state index in [-0.39, 0.29) is 18.2 Å². The van der Waals surface area contributed by atoms with Gasteiger partial charge in [-0.25, -0.2) is 0 Å². The minimum Gasteiger partial charge on any atom is -0.382 e. The molecule has 1 fully saturated rings. The fourth-order valence-electron chi connectivity index (χ4n) is 3.64. The van der Waals surface area contributed by atoms with Crippen LogP contribution in [0.4, 0.5) is 0 Å². The molecule has 25 heavy (non-hydrogen) atoms. The van der Waals surface area contributed by atoms with Crippen molar-refractivity contribution in [2.24, 2.45) is 0 Å². The van der Waals surface area contributed by atoms with Crippen LogP contribution < -0.4 is 5.32 Å². The van der Waals surface area contributed by atoms with Crippen LogP contribution in [0.2, 0.25) is 0 Å². The highest BCUT2D eigenvalue weighted by Crippen LogP contribution is 2.34. The van der Waals surface area contributed by atoms with Crippen molar-refractivity contribution in [3.8, 4) is 0 Å². The van der Waals surface area contributed by atoms with E-state index in [2.05, 4.69) is 10.3 Å². The molecule has 132 valence electrons. The van der Waals surface area contributed by atoms with E-state index in [9.17, 15) is 9.59 Å². The van der Waals surface area contributed by atoms with E-state index >= 15 is 0 Å². The predicted molar refractivity (Wildman–Crippen MR) is 95.3 cm³/mol. The van der Waals surface area contributed by atoms with Crippen molar-refractivity contribution >= 4 is 22.7 Å². The van der Waals surface area contributed by atoms with E-state index in [1.54, 1.807) is 25.3 Å². The minimum absolute atomic E-state index is 0.0895. The largest absolute Gasteiger partial charge is 0.382 e. The number of likely N-dealkylation sites (tertiary alicyclic amines) is 1. The molecule has 2 amide bonds. The Hall–Kier alpha value is -2.47. The fraction of sp³-hybridized carbons (Fsp3) is 0.421. The maximum atomic E-state index is 13.1. The lowest BCUT2D eigenvalue weighted by molar-refractivity contribution is -0.123. The number of carbonyl (C=O) groups excluding carboxylic acids is 2. The van der Waals surface area contributed by atoms with Gasteiger partial charge in [0.15, 0.2) is 0 Å². The van der Waals surface area contributed by atoms with Crippen LogP contribution >= 0.6 is 0 Å². The molecule has 6 heteroatoms. The van der Waals surface area contributed by atoms with Gasteiger partial charge >= 0.3 is 0 Å². The molecule has 2 heterocycles. The minimum atomic E-state index is -0.600. The van der Waals surface area contributed by atoms with E-state index in [1.807, 2.05) is 30.3 Å². The summed E-state index contributed by atoms with van der Waals surface area (Å²) < 4.78 is 5.37. The van der Waals surface area contributed by atoms with E-state index in [0.29, 0.717) is 18.7 Å². The molecule has 1 N–H and O–H groups in total.